The maximum absolute atomic E-state index is 13.5. The molecular formula is C17H14FN3O2. The van der Waals surface area contributed by atoms with E-state index in [9.17, 15) is 14.0 Å². The molecule has 23 heavy (non-hydrogen) atoms. The summed E-state index contributed by atoms with van der Waals surface area (Å²) in [4.78, 5) is 23.9. The molecule has 0 bridgehead atoms. The molecule has 0 fully saturated rings. The van der Waals surface area contributed by atoms with Crippen molar-refractivity contribution >= 4 is 11.6 Å². The highest BCUT2D eigenvalue weighted by Crippen LogP contribution is 2.22. The van der Waals surface area contributed by atoms with Gasteiger partial charge in [-0.05, 0) is 36.4 Å². The van der Waals surface area contributed by atoms with Crippen molar-refractivity contribution in [2.75, 3.05) is 5.32 Å². The molecule has 0 radical (unpaired) electrons. The Hall–Kier alpha value is -3.15. The quantitative estimate of drug-likeness (QED) is 0.808. The highest BCUT2D eigenvalue weighted by atomic mass is 19.1. The lowest BCUT2D eigenvalue weighted by atomic mass is 10.2. The molecule has 0 unspecified atom stereocenters. The monoisotopic (exact) mass is 311 g/mol. The van der Waals surface area contributed by atoms with E-state index in [-0.39, 0.29) is 11.1 Å². The van der Waals surface area contributed by atoms with Gasteiger partial charge in [0.15, 0.2) is 0 Å². The van der Waals surface area contributed by atoms with Gasteiger partial charge in [0, 0.05) is 37.3 Å². The smallest absolute Gasteiger partial charge is 0.255 e. The van der Waals surface area contributed by atoms with Gasteiger partial charge < -0.3 is 14.5 Å². The molecule has 116 valence electrons. The number of benzene rings is 1. The second-order valence-corrected chi connectivity index (χ2v) is 5.07. The van der Waals surface area contributed by atoms with Crippen LogP contribution in [-0.4, -0.2) is 15.0 Å². The van der Waals surface area contributed by atoms with Gasteiger partial charge in [0.25, 0.3) is 11.5 Å². The first kappa shape index (κ1) is 14.8. The van der Waals surface area contributed by atoms with Gasteiger partial charge in [-0.15, -0.1) is 0 Å². The van der Waals surface area contributed by atoms with Crippen LogP contribution in [0.15, 0.2) is 65.8 Å². The fourth-order valence-corrected chi connectivity index (χ4v) is 2.20. The second kappa shape index (κ2) is 5.92. The number of rotatable bonds is 3. The fraction of sp³-hybridized carbons (Fsp3) is 0.0588. The van der Waals surface area contributed by atoms with Gasteiger partial charge in [-0.25, -0.2) is 4.39 Å². The average molecular weight is 311 g/mol. The van der Waals surface area contributed by atoms with Gasteiger partial charge in [0.1, 0.15) is 5.82 Å². The molecule has 1 N–H and O–H groups in total. The zero-order valence-electron chi connectivity index (χ0n) is 12.4. The molecule has 3 aromatic rings. The Balaban J connectivity index is 1.95. The predicted octanol–water partition coefficient (Wildman–Crippen LogP) is 2.57. The van der Waals surface area contributed by atoms with Crippen molar-refractivity contribution < 1.29 is 9.18 Å². The van der Waals surface area contributed by atoms with Gasteiger partial charge in [0.05, 0.1) is 11.4 Å². The molecule has 0 aliphatic rings. The number of carbonyl (C=O) groups is 1. The zero-order valence-corrected chi connectivity index (χ0v) is 12.4. The topological polar surface area (TPSA) is 56.0 Å². The van der Waals surface area contributed by atoms with Crippen molar-refractivity contribution in [2.24, 2.45) is 7.05 Å². The summed E-state index contributed by atoms with van der Waals surface area (Å²) in [5.74, 6) is -0.831. The molecule has 0 saturated carbocycles. The van der Waals surface area contributed by atoms with E-state index in [4.69, 9.17) is 0 Å². The third kappa shape index (κ3) is 3.06. The standard InChI is InChI=1S/C17H14FN3O2/c1-20-9-6-12(10-16(20)22)17(23)19-14-5-4-13(18)11-15(14)21-7-2-3-8-21/h2-11H,1H3,(H,19,23). The Morgan fingerprint density at radius 1 is 1.09 bits per heavy atom. The summed E-state index contributed by atoms with van der Waals surface area (Å²) in [5.41, 5.74) is 0.929. The van der Waals surface area contributed by atoms with E-state index in [1.165, 1.54) is 35.0 Å². The molecule has 5 nitrogen and oxygen atoms in total. The Bertz CT molecular complexity index is 914. The third-order valence-corrected chi connectivity index (χ3v) is 3.46. The van der Waals surface area contributed by atoms with Crippen molar-refractivity contribution in [1.29, 1.82) is 0 Å². The number of pyridine rings is 1. The number of halogens is 1. The number of anilines is 1. The van der Waals surface area contributed by atoms with Crippen LogP contribution in [0.3, 0.4) is 0 Å². The van der Waals surface area contributed by atoms with Crippen LogP contribution in [0, 0.1) is 5.82 Å². The van der Waals surface area contributed by atoms with Crippen LogP contribution in [0.1, 0.15) is 10.4 Å². The van der Waals surface area contributed by atoms with Crippen molar-refractivity contribution in [3.63, 3.8) is 0 Å². The lowest BCUT2D eigenvalue weighted by Gasteiger charge is -2.12. The summed E-state index contributed by atoms with van der Waals surface area (Å²) >= 11 is 0. The van der Waals surface area contributed by atoms with E-state index in [1.54, 1.807) is 42.2 Å². The summed E-state index contributed by atoms with van der Waals surface area (Å²) < 4.78 is 16.6. The van der Waals surface area contributed by atoms with E-state index in [0.717, 1.165) is 0 Å². The van der Waals surface area contributed by atoms with E-state index in [0.29, 0.717) is 11.4 Å². The van der Waals surface area contributed by atoms with Crippen molar-refractivity contribution in [3.05, 3.63) is 82.8 Å². The first-order valence-electron chi connectivity index (χ1n) is 6.95. The van der Waals surface area contributed by atoms with Crippen LogP contribution >= 0.6 is 0 Å². The van der Waals surface area contributed by atoms with Gasteiger partial charge in [-0.3, -0.25) is 9.59 Å². The van der Waals surface area contributed by atoms with Crippen LogP contribution in [0.25, 0.3) is 5.69 Å². The molecule has 2 aromatic heterocycles. The minimum absolute atomic E-state index is 0.246. The lowest BCUT2D eigenvalue weighted by molar-refractivity contribution is 0.102. The van der Waals surface area contributed by atoms with Gasteiger partial charge in [-0.1, -0.05) is 0 Å². The Labute approximate surface area is 131 Å². The van der Waals surface area contributed by atoms with Crippen LogP contribution in [-0.2, 0) is 7.05 Å². The molecule has 0 spiro atoms. The number of aromatic nitrogens is 2. The number of amides is 1. The van der Waals surface area contributed by atoms with Gasteiger partial charge >= 0.3 is 0 Å². The molecule has 0 aliphatic heterocycles. The Kier molecular flexibility index (Phi) is 3.80. The number of nitrogens with zero attached hydrogens (tertiary/aromatic N) is 2. The fourth-order valence-electron chi connectivity index (χ4n) is 2.20. The molecule has 0 aliphatic carbocycles. The predicted molar refractivity (Wildman–Crippen MR) is 85.4 cm³/mol. The highest BCUT2D eigenvalue weighted by molar-refractivity contribution is 6.05. The first-order chi connectivity index (χ1) is 11.0. The van der Waals surface area contributed by atoms with Crippen LogP contribution in [0.4, 0.5) is 10.1 Å². The van der Waals surface area contributed by atoms with Crippen LogP contribution in [0.5, 0.6) is 0 Å². The highest BCUT2D eigenvalue weighted by Gasteiger charge is 2.12. The van der Waals surface area contributed by atoms with E-state index < -0.39 is 11.7 Å². The lowest BCUT2D eigenvalue weighted by Crippen LogP contribution is -2.20. The van der Waals surface area contributed by atoms with E-state index >= 15 is 0 Å². The summed E-state index contributed by atoms with van der Waals surface area (Å²) in [6.07, 6.45) is 5.03. The third-order valence-electron chi connectivity index (χ3n) is 3.46. The second-order valence-electron chi connectivity index (χ2n) is 5.07. The molecule has 1 aromatic carbocycles. The molecule has 6 heteroatoms. The molecule has 0 saturated heterocycles. The van der Waals surface area contributed by atoms with E-state index in [1.807, 2.05) is 0 Å². The number of hydrogen-bond donors (Lipinski definition) is 1. The molecule has 0 atom stereocenters. The van der Waals surface area contributed by atoms with Crippen LogP contribution < -0.4 is 10.9 Å². The molecular weight excluding hydrogens is 297 g/mol. The first-order valence-corrected chi connectivity index (χ1v) is 6.95. The minimum Gasteiger partial charge on any atom is -0.322 e. The van der Waals surface area contributed by atoms with Gasteiger partial charge in [-0.2, -0.15) is 0 Å². The summed E-state index contributed by atoms with van der Waals surface area (Å²) in [6, 6.07) is 10.5. The van der Waals surface area contributed by atoms with Crippen molar-refractivity contribution in [3.8, 4) is 5.69 Å². The molecule has 1 amide bonds. The average Bonchev–Trinajstić information content (AvgIpc) is 3.06. The SMILES string of the molecule is Cn1ccc(C(=O)Nc2ccc(F)cc2-n2cccc2)cc1=O. The minimum atomic E-state index is -0.428. The summed E-state index contributed by atoms with van der Waals surface area (Å²) in [6.45, 7) is 0. The van der Waals surface area contributed by atoms with Gasteiger partial charge in [0.2, 0.25) is 0 Å². The zero-order chi connectivity index (χ0) is 16.4. The van der Waals surface area contributed by atoms with Crippen molar-refractivity contribution in [2.45, 2.75) is 0 Å². The summed E-state index contributed by atoms with van der Waals surface area (Å²) in [5, 5.41) is 2.71. The van der Waals surface area contributed by atoms with Crippen molar-refractivity contribution in [1.82, 2.24) is 9.13 Å². The van der Waals surface area contributed by atoms with Crippen LogP contribution in [0.2, 0.25) is 0 Å². The summed E-state index contributed by atoms with van der Waals surface area (Å²) in [7, 11) is 1.61. The largest absolute Gasteiger partial charge is 0.322 e. The number of aryl methyl sites for hydroxylation is 1. The number of hydrogen-bond acceptors (Lipinski definition) is 2. The maximum atomic E-state index is 13.5. The normalized spacial score (nSPS) is 10.5. The number of nitrogens with one attached hydrogen (secondary N) is 1. The number of carbonyl (C=O) groups excluding carboxylic acids is 1. The molecule has 2 heterocycles. The Morgan fingerprint density at radius 3 is 2.52 bits per heavy atom. The Morgan fingerprint density at radius 2 is 1.83 bits per heavy atom. The van der Waals surface area contributed by atoms with E-state index in [2.05, 4.69) is 5.32 Å². The molecule has 3 rings (SSSR count). The maximum Gasteiger partial charge on any atom is 0.255 e.